The lowest BCUT2D eigenvalue weighted by molar-refractivity contribution is 0.236. The molecule has 1 N–H and O–H groups in total. The normalized spacial score (nSPS) is 17.5. The van der Waals surface area contributed by atoms with E-state index in [9.17, 15) is 0 Å². The van der Waals surface area contributed by atoms with Crippen LogP contribution in [-0.2, 0) is 6.42 Å². The first-order valence-electron chi connectivity index (χ1n) is 6.14. The molecule has 0 spiro atoms. The Bertz CT molecular complexity index is 282. The zero-order valence-corrected chi connectivity index (χ0v) is 9.73. The van der Waals surface area contributed by atoms with Gasteiger partial charge in [0.05, 0.1) is 0 Å². The van der Waals surface area contributed by atoms with Gasteiger partial charge in [-0.25, -0.2) is 9.97 Å². The van der Waals surface area contributed by atoms with Crippen LogP contribution in [0.4, 0.5) is 0 Å². The molecule has 88 valence electrons. The summed E-state index contributed by atoms with van der Waals surface area (Å²) in [6.07, 6.45) is 7.08. The van der Waals surface area contributed by atoms with E-state index in [1.807, 2.05) is 18.5 Å². The van der Waals surface area contributed by atoms with Gasteiger partial charge >= 0.3 is 0 Å². The van der Waals surface area contributed by atoms with Crippen molar-refractivity contribution in [3.63, 3.8) is 0 Å². The number of nitrogens with zero attached hydrogens (tertiary/aromatic N) is 3. The molecule has 1 aromatic rings. The highest BCUT2D eigenvalue weighted by molar-refractivity contribution is 4.88. The van der Waals surface area contributed by atoms with E-state index in [1.54, 1.807) is 0 Å². The zero-order chi connectivity index (χ0) is 11.1. The first-order valence-corrected chi connectivity index (χ1v) is 6.14. The molecule has 1 saturated heterocycles. The summed E-state index contributed by atoms with van der Waals surface area (Å²) in [4.78, 5) is 11.0. The van der Waals surface area contributed by atoms with Crippen LogP contribution in [0.25, 0.3) is 0 Å². The van der Waals surface area contributed by atoms with Crippen molar-refractivity contribution in [2.45, 2.75) is 19.3 Å². The molecule has 0 radical (unpaired) electrons. The van der Waals surface area contributed by atoms with Crippen molar-refractivity contribution in [1.29, 1.82) is 0 Å². The summed E-state index contributed by atoms with van der Waals surface area (Å²) in [6.45, 7) is 5.89. The summed E-state index contributed by atoms with van der Waals surface area (Å²) in [5.74, 6) is 0.975. The van der Waals surface area contributed by atoms with Crippen molar-refractivity contribution >= 4 is 0 Å². The highest BCUT2D eigenvalue weighted by Gasteiger charge is 2.08. The maximum absolute atomic E-state index is 4.23. The monoisotopic (exact) mass is 220 g/mol. The molecular weight excluding hydrogens is 200 g/mol. The number of unbranched alkanes of at least 4 members (excludes halogenated alkanes) is 1. The van der Waals surface area contributed by atoms with E-state index in [0.29, 0.717) is 0 Å². The second kappa shape index (κ2) is 6.55. The molecule has 0 aliphatic carbocycles. The van der Waals surface area contributed by atoms with Crippen molar-refractivity contribution in [2.24, 2.45) is 0 Å². The Balaban J connectivity index is 1.58. The van der Waals surface area contributed by atoms with Crippen LogP contribution < -0.4 is 5.32 Å². The average Bonchev–Trinajstić information content (AvgIpc) is 2.37. The third-order valence-electron chi connectivity index (χ3n) is 2.95. The van der Waals surface area contributed by atoms with E-state index in [2.05, 4.69) is 20.2 Å². The molecule has 0 bridgehead atoms. The fourth-order valence-electron chi connectivity index (χ4n) is 2.01. The van der Waals surface area contributed by atoms with Gasteiger partial charge in [0.1, 0.15) is 5.82 Å². The number of piperazine rings is 1. The van der Waals surface area contributed by atoms with E-state index < -0.39 is 0 Å². The van der Waals surface area contributed by atoms with Gasteiger partial charge in [0.25, 0.3) is 0 Å². The molecule has 2 heterocycles. The summed E-state index contributed by atoms with van der Waals surface area (Å²) in [5, 5.41) is 3.37. The van der Waals surface area contributed by atoms with Gasteiger partial charge in [-0.1, -0.05) is 0 Å². The van der Waals surface area contributed by atoms with Gasteiger partial charge in [-0.15, -0.1) is 0 Å². The van der Waals surface area contributed by atoms with Crippen molar-refractivity contribution in [2.75, 3.05) is 32.7 Å². The van der Waals surface area contributed by atoms with Gasteiger partial charge in [-0.05, 0) is 25.5 Å². The minimum absolute atomic E-state index is 0.975. The second-order valence-electron chi connectivity index (χ2n) is 4.21. The van der Waals surface area contributed by atoms with Crippen molar-refractivity contribution < 1.29 is 0 Å². The first-order chi connectivity index (χ1) is 7.95. The molecular formula is C12H20N4. The third-order valence-corrected chi connectivity index (χ3v) is 2.95. The van der Waals surface area contributed by atoms with Gasteiger partial charge in [0, 0.05) is 45.0 Å². The molecule has 16 heavy (non-hydrogen) atoms. The Labute approximate surface area is 97.1 Å². The lowest BCUT2D eigenvalue weighted by Crippen LogP contribution is -2.43. The largest absolute Gasteiger partial charge is 0.314 e. The summed E-state index contributed by atoms with van der Waals surface area (Å²) in [5.41, 5.74) is 0. The molecule has 1 fully saturated rings. The topological polar surface area (TPSA) is 41.1 Å². The number of aryl methyl sites for hydroxylation is 1. The summed E-state index contributed by atoms with van der Waals surface area (Å²) in [6, 6.07) is 1.87. The summed E-state index contributed by atoms with van der Waals surface area (Å²) in [7, 11) is 0. The maximum atomic E-state index is 4.23. The molecule has 4 nitrogen and oxygen atoms in total. The molecule has 2 rings (SSSR count). The molecule has 1 aromatic heterocycles. The van der Waals surface area contributed by atoms with Crippen LogP contribution in [0.5, 0.6) is 0 Å². The predicted octanol–water partition coefficient (Wildman–Crippen LogP) is 0.704. The fraction of sp³-hybridized carbons (Fsp3) is 0.667. The van der Waals surface area contributed by atoms with E-state index >= 15 is 0 Å². The number of hydrogen-bond donors (Lipinski definition) is 1. The Morgan fingerprint density at radius 1 is 1.12 bits per heavy atom. The predicted molar refractivity (Wildman–Crippen MR) is 64.3 cm³/mol. The lowest BCUT2D eigenvalue weighted by Gasteiger charge is -2.26. The van der Waals surface area contributed by atoms with Crippen LogP contribution in [0.15, 0.2) is 18.5 Å². The molecule has 4 heteroatoms. The SMILES string of the molecule is c1cnc(CCCCN2CCNCC2)nc1. The van der Waals surface area contributed by atoms with Crippen molar-refractivity contribution in [1.82, 2.24) is 20.2 Å². The van der Waals surface area contributed by atoms with Crippen molar-refractivity contribution in [3.05, 3.63) is 24.3 Å². The molecule has 0 aromatic carbocycles. The fourth-order valence-corrected chi connectivity index (χ4v) is 2.01. The van der Waals surface area contributed by atoms with Crippen LogP contribution >= 0.6 is 0 Å². The van der Waals surface area contributed by atoms with E-state index in [4.69, 9.17) is 0 Å². The van der Waals surface area contributed by atoms with Gasteiger partial charge < -0.3 is 10.2 Å². The zero-order valence-electron chi connectivity index (χ0n) is 9.73. The van der Waals surface area contributed by atoms with E-state index in [1.165, 1.54) is 32.5 Å². The molecule has 0 unspecified atom stereocenters. The summed E-state index contributed by atoms with van der Waals surface area (Å²) < 4.78 is 0. The standard InChI is InChI=1S/C12H20N4/c1(4-12-14-5-3-6-15-12)2-9-16-10-7-13-8-11-16/h3,5-6,13H,1-2,4,7-11H2. The molecule has 1 aliphatic rings. The minimum Gasteiger partial charge on any atom is -0.314 e. The van der Waals surface area contributed by atoms with Crippen molar-refractivity contribution in [3.8, 4) is 0 Å². The third kappa shape index (κ3) is 3.87. The van der Waals surface area contributed by atoms with Gasteiger partial charge in [-0.3, -0.25) is 0 Å². The van der Waals surface area contributed by atoms with E-state index in [-0.39, 0.29) is 0 Å². The number of nitrogens with one attached hydrogen (secondary N) is 1. The Hall–Kier alpha value is -1.00. The first kappa shape index (κ1) is 11.5. The van der Waals surface area contributed by atoms with Gasteiger partial charge in [0.2, 0.25) is 0 Å². The molecule has 1 aliphatic heterocycles. The Morgan fingerprint density at radius 2 is 1.88 bits per heavy atom. The highest BCUT2D eigenvalue weighted by atomic mass is 15.2. The minimum atomic E-state index is 0.975. The second-order valence-corrected chi connectivity index (χ2v) is 4.21. The average molecular weight is 220 g/mol. The van der Waals surface area contributed by atoms with Gasteiger partial charge in [0.15, 0.2) is 0 Å². The van der Waals surface area contributed by atoms with Crippen LogP contribution in [0.1, 0.15) is 18.7 Å². The van der Waals surface area contributed by atoms with Crippen LogP contribution in [0.3, 0.4) is 0 Å². The molecule has 0 atom stereocenters. The maximum Gasteiger partial charge on any atom is 0.128 e. The Kier molecular flexibility index (Phi) is 4.70. The number of rotatable bonds is 5. The Morgan fingerprint density at radius 3 is 2.62 bits per heavy atom. The number of aromatic nitrogens is 2. The van der Waals surface area contributed by atoms with Crippen LogP contribution in [0.2, 0.25) is 0 Å². The smallest absolute Gasteiger partial charge is 0.128 e. The van der Waals surface area contributed by atoms with Crippen LogP contribution in [0, 0.1) is 0 Å². The summed E-state index contributed by atoms with van der Waals surface area (Å²) >= 11 is 0. The van der Waals surface area contributed by atoms with Crippen LogP contribution in [-0.4, -0.2) is 47.6 Å². The quantitative estimate of drug-likeness (QED) is 0.742. The molecule has 0 saturated carbocycles. The van der Waals surface area contributed by atoms with Gasteiger partial charge in [-0.2, -0.15) is 0 Å². The lowest BCUT2D eigenvalue weighted by atomic mass is 10.2. The van der Waals surface area contributed by atoms with E-state index in [0.717, 1.165) is 25.3 Å². The highest BCUT2D eigenvalue weighted by Crippen LogP contribution is 2.01. The number of hydrogen-bond acceptors (Lipinski definition) is 4. The molecule has 0 amide bonds.